The molecular weight excluding hydrogens is 252 g/mol. The Balaban J connectivity index is 2.68. The highest BCUT2D eigenvalue weighted by Crippen LogP contribution is 2.29. The highest BCUT2D eigenvalue weighted by Gasteiger charge is 2.44. The fourth-order valence-corrected chi connectivity index (χ4v) is 2.08. The van der Waals surface area contributed by atoms with E-state index in [4.69, 9.17) is 14.7 Å². The van der Waals surface area contributed by atoms with Gasteiger partial charge in [0.25, 0.3) is 0 Å². The van der Waals surface area contributed by atoms with E-state index in [2.05, 4.69) is 5.48 Å². The Bertz CT molecular complexity index is 353. The number of nitrogens with zero attached hydrogens (tertiary/aromatic N) is 1. The summed E-state index contributed by atoms with van der Waals surface area (Å²) in [5.74, 6) is -0.957. The number of aliphatic carboxylic acids is 1. The zero-order valence-corrected chi connectivity index (χ0v) is 11.9. The molecule has 7 heteroatoms. The number of likely N-dealkylation sites (tertiary alicyclic amines) is 1. The van der Waals surface area contributed by atoms with Gasteiger partial charge in [-0.2, -0.15) is 0 Å². The molecule has 7 nitrogen and oxygen atoms in total. The largest absolute Gasteiger partial charge is 0.481 e. The second-order valence-electron chi connectivity index (χ2n) is 5.71. The van der Waals surface area contributed by atoms with Gasteiger partial charge in [-0.25, -0.2) is 10.3 Å². The third-order valence-corrected chi connectivity index (χ3v) is 2.76. The first-order valence-electron chi connectivity index (χ1n) is 6.22. The molecule has 19 heavy (non-hydrogen) atoms. The summed E-state index contributed by atoms with van der Waals surface area (Å²) in [6.07, 6.45) is -0.147. The number of hydrogen-bond donors (Lipinski definition) is 2. The average Bonchev–Trinajstić information content (AvgIpc) is 2.59. The second kappa shape index (κ2) is 5.75. The monoisotopic (exact) mass is 274 g/mol. The lowest BCUT2D eigenvalue weighted by Crippen LogP contribution is -2.44. The maximum atomic E-state index is 11.9. The third-order valence-electron chi connectivity index (χ3n) is 2.76. The summed E-state index contributed by atoms with van der Waals surface area (Å²) in [4.78, 5) is 29.6. The minimum atomic E-state index is -0.957. The first kappa shape index (κ1) is 15.7. The van der Waals surface area contributed by atoms with E-state index in [1.54, 1.807) is 27.8 Å². The molecule has 1 rings (SSSR count). The Morgan fingerprint density at radius 1 is 1.42 bits per heavy atom. The van der Waals surface area contributed by atoms with E-state index in [0.29, 0.717) is 13.0 Å². The van der Waals surface area contributed by atoms with Crippen molar-refractivity contribution >= 4 is 12.1 Å². The van der Waals surface area contributed by atoms with E-state index >= 15 is 0 Å². The molecule has 0 aromatic carbocycles. The molecule has 1 aliphatic rings. The smallest absolute Gasteiger partial charge is 0.410 e. The van der Waals surface area contributed by atoms with Crippen molar-refractivity contribution in [3.63, 3.8) is 0 Å². The number of carbonyl (C=O) groups is 2. The summed E-state index contributed by atoms with van der Waals surface area (Å²) >= 11 is 0. The molecule has 0 spiro atoms. The van der Waals surface area contributed by atoms with Gasteiger partial charge in [-0.05, 0) is 27.2 Å². The van der Waals surface area contributed by atoms with Crippen LogP contribution >= 0.6 is 0 Å². The molecule has 1 atom stereocenters. The Morgan fingerprint density at radius 3 is 2.53 bits per heavy atom. The van der Waals surface area contributed by atoms with Gasteiger partial charge < -0.3 is 14.7 Å². The highest BCUT2D eigenvalue weighted by molar-refractivity contribution is 5.71. The van der Waals surface area contributed by atoms with Gasteiger partial charge in [-0.15, -0.1) is 0 Å². The van der Waals surface area contributed by atoms with E-state index in [1.165, 1.54) is 4.90 Å². The average molecular weight is 274 g/mol. The van der Waals surface area contributed by atoms with Crippen LogP contribution in [0.25, 0.3) is 0 Å². The molecule has 0 aliphatic carbocycles. The van der Waals surface area contributed by atoms with Gasteiger partial charge in [0.15, 0.2) is 0 Å². The van der Waals surface area contributed by atoms with Crippen LogP contribution in [-0.2, 0) is 14.4 Å². The Morgan fingerprint density at radius 2 is 2.05 bits per heavy atom. The number of rotatable bonds is 4. The molecule has 0 aromatic rings. The number of ether oxygens (including phenoxy) is 1. The fourth-order valence-electron chi connectivity index (χ4n) is 2.08. The van der Waals surface area contributed by atoms with E-state index in [-0.39, 0.29) is 13.0 Å². The summed E-state index contributed by atoms with van der Waals surface area (Å²) in [7, 11) is 1.57. The quantitative estimate of drug-likeness (QED) is 0.743. The van der Waals surface area contributed by atoms with Gasteiger partial charge in [0.1, 0.15) is 11.2 Å². The van der Waals surface area contributed by atoms with E-state index in [0.717, 1.165) is 0 Å². The van der Waals surface area contributed by atoms with Crippen molar-refractivity contribution in [1.82, 2.24) is 10.4 Å². The zero-order valence-electron chi connectivity index (χ0n) is 11.9. The predicted molar refractivity (Wildman–Crippen MR) is 67.6 cm³/mol. The van der Waals surface area contributed by atoms with Gasteiger partial charge in [-0.1, -0.05) is 0 Å². The number of nitrogens with one attached hydrogen (secondary N) is 1. The van der Waals surface area contributed by atoms with Crippen molar-refractivity contribution < 1.29 is 24.3 Å². The Hall–Kier alpha value is -1.34. The first-order chi connectivity index (χ1) is 8.67. The van der Waals surface area contributed by atoms with Gasteiger partial charge in [-0.3, -0.25) is 9.63 Å². The van der Waals surface area contributed by atoms with Crippen LogP contribution < -0.4 is 5.48 Å². The minimum absolute atomic E-state index is 0.160. The molecular formula is C12H22N2O5. The van der Waals surface area contributed by atoms with E-state index in [1.807, 2.05) is 0 Å². The summed E-state index contributed by atoms with van der Waals surface area (Å²) in [6, 6.07) is 0. The number of carboxylic acids is 1. The van der Waals surface area contributed by atoms with Gasteiger partial charge in [0, 0.05) is 13.6 Å². The molecule has 0 bridgehead atoms. The molecule has 1 heterocycles. The molecule has 0 aromatic heterocycles. The van der Waals surface area contributed by atoms with Crippen molar-refractivity contribution in [3.05, 3.63) is 0 Å². The molecule has 1 unspecified atom stereocenters. The lowest BCUT2D eigenvalue weighted by Gasteiger charge is -2.28. The molecule has 2 N–H and O–H groups in total. The highest BCUT2D eigenvalue weighted by atomic mass is 16.7. The minimum Gasteiger partial charge on any atom is -0.481 e. The molecule has 1 saturated heterocycles. The van der Waals surface area contributed by atoms with Crippen molar-refractivity contribution in [2.24, 2.45) is 0 Å². The number of hydroxylamine groups is 1. The summed E-state index contributed by atoms with van der Waals surface area (Å²) < 4.78 is 5.26. The van der Waals surface area contributed by atoms with Crippen LogP contribution in [0.4, 0.5) is 4.79 Å². The van der Waals surface area contributed by atoms with Crippen LogP contribution in [0.5, 0.6) is 0 Å². The zero-order chi connectivity index (χ0) is 14.7. The summed E-state index contributed by atoms with van der Waals surface area (Å²) in [6.45, 7) is 5.99. The van der Waals surface area contributed by atoms with Crippen LogP contribution in [-0.4, -0.2) is 53.4 Å². The summed E-state index contributed by atoms with van der Waals surface area (Å²) in [5.41, 5.74) is 1.06. The van der Waals surface area contributed by atoms with Crippen molar-refractivity contribution in [1.29, 1.82) is 0 Å². The van der Waals surface area contributed by atoms with Crippen LogP contribution in [0.3, 0.4) is 0 Å². The van der Waals surface area contributed by atoms with Crippen LogP contribution in [0.2, 0.25) is 0 Å². The molecule has 0 saturated carbocycles. The van der Waals surface area contributed by atoms with Gasteiger partial charge in [0.2, 0.25) is 0 Å². The normalized spacial score (nSPS) is 23.5. The fraction of sp³-hybridized carbons (Fsp3) is 0.833. The van der Waals surface area contributed by atoms with E-state index in [9.17, 15) is 9.59 Å². The molecule has 1 fully saturated rings. The number of carboxylic acid groups (broad SMARTS) is 1. The SMILES string of the molecule is CNOC1(CC(=O)O)CCN(C(=O)OC(C)(C)C)C1. The van der Waals surface area contributed by atoms with Crippen LogP contribution in [0.15, 0.2) is 0 Å². The number of carbonyl (C=O) groups excluding carboxylic acids is 1. The summed E-state index contributed by atoms with van der Waals surface area (Å²) in [5, 5.41) is 8.93. The van der Waals surface area contributed by atoms with Gasteiger partial charge in [0.05, 0.1) is 13.0 Å². The third kappa shape index (κ3) is 4.68. The first-order valence-corrected chi connectivity index (χ1v) is 6.22. The lowest BCUT2D eigenvalue weighted by molar-refractivity contribution is -0.150. The number of amides is 1. The molecule has 110 valence electrons. The number of hydrogen-bond acceptors (Lipinski definition) is 5. The molecule has 0 radical (unpaired) electrons. The second-order valence-corrected chi connectivity index (χ2v) is 5.71. The van der Waals surface area contributed by atoms with Gasteiger partial charge >= 0.3 is 12.1 Å². The molecule has 1 amide bonds. The van der Waals surface area contributed by atoms with Crippen molar-refractivity contribution in [2.75, 3.05) is 20.1 Å². The van der Waals surface area contributed by atoms with Crippen LogP contribution in [0, 0.1) is 0 Å². The Labute approximate surface area is 112 Å². The predicted octanol–water partition coefficient (Wildman–Crippen LogP) is 0.992. The van der Waals surface area contributed by atoms with Crippen molar-refractivity contribution in [2.45, 2.75) is 44.8 Å². The van der Waals surface area contributed by atoms with Crippen molar-refractivity contribution in [3.8, 4) is 0 Å². The topological polar surface area (TPSA) is 88.1 Å². The molecule has 1 aliphatic heterocycles. The Kier molecular flexibility index (Phi) is 4.75. The lowest BCUT2D eigenvalue weighted by atomic mass is 9.99. The van der Waals surface area contributed by atoms with E-state index < -0.39 is 23.3 Å². The maximum absolute atomic E-state index is 11.9. The standard InChI is InChI=1S/C12H22N2O5/c1-11(2,3)18-10(17)14-6-5-12(8-14,19-13-4)7-9(15)16/h13H,5-8H2,1-4H3,(H,15,16). The van der Waals surface area contributed by atoms with Crippen LogP contribution in [0.1, 0.15) is 33.6 Å². The maximum Gasteiger partial charge on any atom is 0.410 e.